The minimum Gasteiger partial charge on any atom is -0.351 e. The number of hydrogen-bond donors (Lipinski definition) is 1. The molecule has 1 aromatic rings. The number of nitrogens with one attached hydrogen (secondary N) is 1. The van der Waals surface area contributed by atoms with E-state index in [2.05, 4.69) is 5.32 Å². The molecule has 0 bridgehead atoms. The van der Waals surface area contributed by atoms with Gasteiger partial charge in [-0.2, -0.15) is 4.31 Å². The van der Waals surface area contributed by atoms with E-state index < -0.39 is 21.5 Å². The molecule has 0 aromatic heterocycles. The number of rotatable bonds is 5. The first kappa shape index (κ1) is 21.1. The summed E-state index contributed by atoms with van der Waals surface area (Å²) >= 11 is 5.94. The molecule has 2 amide bonds. The van der Waals surface area contributed by atoms with E-state index in [4.69, 9.17) is 11.6 Å². The molecular weight excluding hydrogens is 402 g/mol. The van der Waals surface area contributed by atoms with Crippen LogP contribution in [-0.4, -0.2) is 60.4 Å². The Balaban J connectivity index is 1.90. The van der Waals surface area contributed by atoms with Gasteiger partial charge in [0.2, 0.25) is 21.8 Å². The molecule has 154 valence electrons. The van der Waals surface area contributed by atoms with Gasteiger partial charge in [-0.3, -0.25) is 9.59 Å². The zero-order valence-electron chi connectivity index (χ0n) is 16.2. The van der Waals surface area contributed by atoms with Crippen LogP contribution < -0.4 is 5.32 Å². The molecule has 1 heterocycles. The van der Waals surface area contributed by atoms with Gasteiger partial charge in [0, 0.05) is 24.2 Å². The van der Waals surface area contributed by atoms with Crippen molar-refractivity contribution in [1.29, 1.82) is 0 Å². The Kier molecular flexibility index (Phi) is 6.03. The maximum Gasteiger partial charge on any atom is 0.247 e. The fraction of sp³-hybridized carbons (Fsp3) is 0.579. The van der Waals surface area contributed by atoms with E-state index in [1.54, 1.807) is 31.2 Å². The molecule has 1 atom stereocenters. The van der Waals surface area contributed by atoms with Gasteiger partial charge >= 0.3 is 0 Å². The van der Waals surface area contributed by atoms with Gasteiger partial charge < -0.3 is 10.2 Å². The first-order valence-electron chi connectivity index (χ1n) is 9.40. The molecule has 9 heteroatoms. The van der Waals surface area contributed by atoms with Crippen LogP contribution in [0.3, 0.4) is 0 Å². The average molecular weight is 428 g/mol. The van der Waals surface area contributed by atoms with Gasteiger partial charge in [0.15, 0.2) is 0 Å². The predicted molar refractivity (Wildman–Crippen MR) is 107 cm³/mol. The minimum atomic E-state index is -3.60. The standard InChI is InChI=1S/C19H26ClN3O4S/c1-19(18(25)21-16-5-3-4-6-16)13-22(28(2,26)27)12-17(24)23(19)11-14-7-9-15(20)10-8-14/h7-10,16H,3-6,11-13H2,1-2H3,(H,21,25)/t19-/m1/s1. The lowest BCUT2D eigenvalue weighted by Crippen LogP contribution is -2.69. The molecule has 1 N–H and O–H groups in total. The van der Waals surface area contributed by atoms with Gasteiger partial charge in [0.1, 0.15) is 5.54 Å². The molecule has 0 spiro atoms. The van der Waals surface area contributed by atoms with Gasteiger partial charge in [0.05, 0.1) is 12.8 Å². The molecule has 2 fully saturated rings. The van der Waals surface area contributed by atoms with Crippen molar-refractivity contribution in [2.75, 3.05) is 19.3 Å². The number of hydrogen-bond acceptors (Lipinski definition) is 4. The summed E-state index contributed by atoms with van der Waals surface area (Å²) in [5.41, 5.74) is -0.467. The van der Waals surface area contributed by atoms with Crippen LogP contribution >= 0.6 is 11.6 Å². The molecule has 1 saturated carbocycles. The highest BCUT2D eigenvalue weighted by molar-refractivity contribution is 7.88. The summed E-state index contributed by atoms with van der Waals surface area (Å²) in [4.78, 5) is 27.6. The molecule has 7 nitrogen and oxygen atoms in total. The Morgan fingerprint density at radius 1 is 1.25 bits per heavy atom. The van der Waals surface area contributed by atoms with E-state index in [1.165, 1.54) is 4.90 Å². The van der Waals surface area contributed by atoms with Crippen molar-refractivity contribution in [2.24, 2.45) is 0 Å². The Hall–Kier alpha value is -1.64. The fourth-order valence-electron chi connectivity index (χ4n) is 3.87. The van der Waals surface area contributed by atoms with Crippen molar-refractivity contribution < 1.29 is 18.0 Å². The van der Waals surface area contributed by atoms with Crippen molar-refractivity contribution in [2.45, 2.75) is 50.7 Å². The molecular formula is C19H26ClN3O4S. The number of nitrogens with zero attached hydrogens (tertiary/aromatic N) is 2. The molecule has 1 saturated heterocycles. The third-order valence-electron chi connectivity index (χ3n) is 5.60. The highest BCUT2D eigenvalue weighted by atomic mass is 35.5. The van der Waals surface area contributed by atoms with Crippen LogP contribution in [0.25, 0.3) is 0 Å². The molecule has 1 aliphatic carbocycles. The largest absolute Gasteiger partial charge is 0.351 e. The summed E-state index contributed by atoms with van der Waals surface area (Å²) in [6.07, 6.45) is 4.99. The SMILES string of the molecule is C[C@]1(C(=O)NC2CCCC2)CN(S(C)(=O)=O)CC(=O)N1Cc1ccc(Cl)cc1. The van der Waals surface area contributed by atoms with E-state index in [1.807, 2.05) is 0 Å². The van der Waals surface area contributed by atoms with Crippen molar-refractivity contribution in [3.05, 3.63) is 34.9 Å². The van der Waals surface area contributed by atoms with Crippen molar-refractivity contribution >= 4 is 33.4 Å². The quantitative estimate of drug-likeness (QED) is 0.775. The molecule has 2 aliphatic rings. The summed E-state index contributed by atoms with van der Waals surface area (Å²) < 4.78 is 25.3. The van der Waals surface area contributed by atoms with Crippen molar-refractivity contribution in [1.82, 2.24) is 14.5 Å². The molecule has 0 radical (unpaired) electrons. The number of sulfonamides is 1. The van der Waals surface area contributed by atoms with Crippen LogP contribution in [0.4, 0.5) is 0 Å². The number of benzene rings is 1. The number of amides is 2. The topological polar surface area (TPSA) is 86.8 Å². The van der Waals surface area contributed by atoms with Crippen LogP contribution in [0, 0.1) is 0 Å². The van der Waals surface area contributed by atoms with Crippen molar-refractivity contribution in [3.8, 4) is 0 Å². The summed E-state index contributed by atoms with van der Waals surface area (Å²) in [5.74, 6) is -0.703. The smallest absolute Gasteiger partial charge is 0.247 e. The maximum absolute atomic E-state index is 13.2. The number of halogens is 1. The Morgan fingerprint density at radius 2 is 1.86 bits per heavy atom. The minimum absolute atomic E-state index is 0.0658. The molecule has 1 aliphatic heterocycles. The summed E-state index contributed by atoms with van der Waals surface area (Å²) in [7, 11) is -3.60. The van der Waals surface area contributed by atoms with E-state index in [0.717, 1.165) is 41.8 Å². The fourth-order valence-corrected chi connectivity index (χ4v) is 4.83. The maximum atomic E-state index is 13.2. The molecule has 28 heavy (non-hydrogen) atoms. The Morgan fingerprint density at radius 3 is 2.43 bits per heavy atom. The number of carbonyl (C=O) groups is 2. The van der Waals surface area contributed by atoms with E-state index in [-0.39, 0.29) is 31.6 Å². The molecule has 1 aromatic carbocycles. The van der Waals surface area contributed by atoms with E-state index in [9.17, 15) is 18.0 Å². The van der Waals surface area contributed by atoms with Crippen LogP contribution in [0.1, 0.15) is 38.2 Å². The zero-order valence-corrected chi connectivity index (χ0v) is 17.7. The van der Waals surface area contributed by atoms with Crippen LogP contribution in [-0.2, 0) is 26.2 Å². The highest BCUT2D eigenvalue weighted by Gasteiger charge is 2.49. The second-order valence-electron chi connectivity index (χ2n) is 7.87. The lowest BCUT2D eigenvalue weighted by Gasteiger charge is -2.47. The number of carbonyl (C=O) groups excluding carboxylic acids is 2. The predicted octanol–water partition coefficient (Wildman–Crippen LogP) is 1.76. The van der Waals surface area contributed by atoms with Gasteiger partial charge in [-0.15, -0.1) is 0 Å². The van der Waals surface area contributed by atoms with Crippen LogP contribution in [0.5, 0.6) is 0 Å². The second-order valence-corrected chi connectivity index (χ2v) is 10.3. The Bertz CT molecular complexity index is 852. The third kappa shape index (κ3) is 4.50. The lowest BCUT2D eigenvalue weighted by atomic mass is 9.94. The molecule has 3 rings (SSSR count). The highest BCUT2D eigenvalue weighted by Crippen LogP contribution is 2.28. The third-order valence-corrected chi connectivity index (χ3v) is 7.04. The monoisotopic (exact) mass is 427 g/mol. The van der Waals surface area contributed by atoms with Crippen molar-refractivity contribution in [3.63, 3.8) is 0 Å². The first-order chi connectivity index (χ1) is 13.1. The second kappa shape index (κ2) is 8.00. The summed E-state index contributed by atoms with van der Waals surface area (Å²) in [6.45, 7) is 1.52. The summed E-state index contributed by atoms with van der Waals surface area (Å²) in [6, 6.07) is 7.13. The van der Waals surface area contributed by atoms with Gasteiger partial charge in [-0.25, -0.2) is 8.42 Å². The average Bonchev–Trinajstić information content (AvgIpc) is 3.11. The van der Waals surface area contributed by atoms with Crippen LogP contribution in [0.2, 0.25) is 5.02 Å². The van der Waals surface area contributed by atoms with E-state index in [0.29, 0.717) is 5.02 Å². The van der Waals surface area contributed by atoms with Gasteiger partial charge in [-0.1, -0.05) is 36.6 Å². The lowest BCUT2D eigenvalue weighted by molar-refractivity contribution is -0.154. The van der Waals surface area contributed by atoms with Crippen LogP contribution in [0.15, 0.2) is 24.3 Å². The summed E-state index contributed by atoms with van der Waals surface area (Å²) in [5, 5.41) is 3.61. The Labute approximate surface area is 171 Å². The van der Waals surface area contributed by atoms with Gasteiger partial charge in [-0.05, 0) is 37.5 Å². The zero-order chi connectivity index (χ0) is 20.5. The first-order valence-corrected chi connectivity index (χ1v) is 11.6. The number of piperazine rings is 1. The van der Waals surface area contributed by atoms with Gasteiger partial charge in [0.25, 0.3) is 0 Å². The van der Waals surface area contributed by atoms with E-state index >= 15 is 0 Å². The normalized spacial score (nSPS) is 24.5. The molecule has 0 unspecified atom stereocenters.